The van der Waals surface area contributed by atoms with E-state index < -0.39 is 10.0 Å². The van der Waals surface area contributed by atoms with Gasteiger partial charge < -0.3 is 4.90 Å². The Balaban J connectivity index is 1.81. The van der Waals surface area contributed by atoms with E-state index in [-0.39, 0.29) is 11.9 Å². The van der Waals surface area contributed by atoms with Crippen LogP contribution in [-0.4, -0.2) is 62.6 Å². The molecule has 1 aliphatic heterocycles. The number of thiophene rings is 1. The van der Waals surface area contributed by atoms with Crippen molar-refractivity contribution in [3.63, 3.8) is 0 Å². The van der Waals surface area contributed by atoms with Crippen molar-refractivity contribution < 1.29 is 13.2 Å². The highest BCUT2D eigenvalue weighted by molar-refractivity contribution is 7.88. The Morgan fingerprint density at radius 3 is 2.58 bits per heavy atom. The van der Waals surface area contributed by atoms with Gasteiger partial charge in [0, 0.05) is 30.6 Å². The maximum absolute atomic E-state index is 12.5. The van der Waals surface area contributed by atoms with Gasteiger partial charge in [-0.3, -0.25) is 9.69 Å². The van der Waals surface area contributed by atoms with Gasteiger partial charge >= 0.3 is 0 Å². The molecule has 136 valence electrons. The zero-order valence-corrected chi connectivity index (χ0v) is 16.4. The highest BCUT2D eigenvalue weighted by Gasteiger charge is 2.24. The van der Waals surface area contributed by atoms with Gasteiger partial charge in [0.15, 0.2) is 0 Å². The summed E-state index contributed by atoms with van der Waals surface area (Å²) in [5, 5.41) is 0. The molecule has 0 aliphatic carbocycles. The lowest BCUT2D eigenvalue weighted by Gasteiger charge is -2.32. The lowest BCUT2D eigenvalue weighted by Crippen LogP contribution is -2.47. The summed E-state index contributed by atoms with van der Waals surface area (Å²) in [5.41, 5.74) is 0. The molecular formula is C15H24ClN3O3S2. The highest BCUT2D eigenvalue weighted by Crippen LogP contribution is 2.22. The lowest BCUT2D eigenvalue weighted by molar-refractivity contribution is -0.133. The molecule has 0 radical (unpaired) electrons. The Morgan fingerprint density at radius 2 is 2.08 bits per heavy atom. The van der Waals surface area contributed by atoms with E-state index in [2.05, 4.69) is 9.62 Å². The molecule has 0 spiro atoms. The first kappa shape index (κ1) is 19.7. The van der Waals surface area contributed by atoms with Crippen LogP contribution in [-0.2, 0) is 21.4 Å². The Morgan fingerprint density at radius 1 is 1.42 bits per heavy atom. The van der Waals surface area contributed by atoms with E-state index in [1.165, 1.54) is 17.6 Å². The van der Waals surface area contributed by atoms with E-state index in [0.29, 0.717) is 19.6 Å². The summed E-state index contributed by atoms with van der Waals surface area (Å²) < 4.78 is 25.9. The van der Waals surface area contributed by atoms with Gasteiger partial charge in [-0.25, -0.2) is 13.1 Å². The van der Waals surface area contributed by atoms with Crippen LogP contribution in [0.4, 0.5) is 0 Å². The van der Waals surface area contributed by atoms with E-state index in [9.17, 15) is 13.2 Å². The molecule has 24 heavy (non-hydrogen) atoms. The molecule has 1 saturated heterocycles. The first-order chi connectivity index (χ1) is 11.3. The SMILES string of the molecule is CCN(Cc1ccc(Cl)s1)C(=O)CN1CCC(NS(C)(=O)=O)CC1. The zero-order chi connectivity index (χ0) is 17.7. The first-order valence-corrected chi connectivity index (χ1v) is 11.1. The predicted octanol–water partition coefficient (Wildman–Crippen LogP) is 1.76. The smallest absolute Gasteiger partial charge is 0.237 e. The summed E-state index contributed by atoms with van der Waals surface area (Å²) in [5.74, 6) is 0.0940. The van der Waals surface area contributed by atoms with Crippen LogP contribution in [0, 0.1) is 0 Å². The van der Waals surface area contributed by atoms with Crippen LogP contribution in [0.15, 0.2) is 12.1 Å². The summed E-state index contributed by atoms with van der Waals surface area (Å²) >= 11 is 7.43. The fraction of sp³-hybridized carbons (Fsp3) is 0.667. The second kappa shape index (κ2) is 8.62. The number of hydrogen-bond acceptors (Lipinski definition) is 5. The number of carbonyl (C=O) groups is 1. The lowest BCUT2D eigenvalue weighted by atomic mass is 10.1. The summed E-state index contributed by atoms with van der Waals surface area (Å²) in [6.45, 7) is 5.02. The van der Waals surface area contributed by atoms with Gasteiger partial charge in [-0.1, -0.05) is 11.6 Å². The van der Waals surface area contributed by atoms with Crippen molar-refractivity contribution in [3.8, 4) is 0 Å². The molecule has 6 nitrogen and oxygen atoms in total. The average Bonchev–Trinajstić information content (AvgIpc) is 2.90. The number of amides is 1. The van der Waals surface area contributed by atoms with E-state index in [1.807, 2.05) is 24.0 Å². The largest absolute Gasteiger partial charge is 0.337 e. The highest BCUT2D eigenvalue weighted by atomic mass is 35.5. The molecule has 2 rings (SSSR count). The van der Waals surface area contributed by atoms with E-state index in [0.717, 1.165) is 35.1 Å². The molecule has 0 aromatic carbocycles. The van der Waals surface area contributed by atoms with Crippen LogP contribution in [0.1, 0.15) is 24.6 Å². The monoisotopic (exact) mass is 393 g/mol. The van der Waals surface area contributed by atoms with Crippen LogP contribution < -0.4 is 4.72 Å². The first-order valence-electron chi connectivity index (χ1n) is 7.98. The second-order valence-corrected chi connectivity index (χ2v) is 9.63. The Bertz CT molecular complexity index is 655. The fourth-order valence-electron chi connectivity index (χ4n) is 2.80. The topological polar surface area (TPSA) is 69.7 Å². The Kier molecular flexibility index (Phi) is 7.06. The van der Waals surface area contributed by atoms with Crippen molar-refractivity contribution >= 4 is 38.9 Å². The third kappa shape index (κ3) is 6.33. The molecule has 0 saturated carbocycles. The van der Waals surface area contributed by atoms with Gasteiger partial charge in [-0.2, -0.15) is 0 Å². The standard InChI is InChI=1S/C15H24ClN3O3S2/c1-3-19(10-13-4-5-14(16)23-13)15(20)11-18-8-6-12(7-9-18)17-24(2,21)22/h4-5,12,17H,3,6-11H2,1-2H3. The molecule has 1 aromatic heterocycles. The van der Waals surface area contributed by atoms with Crippen molar-refractivity contribution in [1.29, 1.82) is 0 Å². The number of piperidine rings is 1. The third-order valence-corrected chi connectivity index (χ3v) is 6.01. The van der Waals surface area contributed by atoms with Crippen LogP contribution in [0.2, 0.25) is 4.34 Å². The van der Waals surface area contributed by atoms with Crippen molar-refractivity contribution in [3.05, 3.63) is 21.3 Å². The molecule has 0 atom stereocenters. The number of likely N-dealkylation sites (tertiary alicyclic amines) is 1. The van der Waals surface area contributed by atoms with Crippen LogP contribution in [0.3, 0.4) is 0 Å². The fourth-order valence-corrected chi connectivity index (χ4v) is 4.75. The van der Waals surface area contributed by atoms with Gasteiger partial charge in [-0.05, 0) is 31.9 Å². The Hall–Kier alpha value is -0.670. The number of halogens is 1. The number of hydrogen-bond donors (Lipinski definition) is 1. The van der Waals surface area contributed by atoms with E-state index >= 15 is 0 Å². The van der Waals surface area contributed by atoms with Crippen molar-refractivity contribution in [1.82, 2.24) is 14.5 Å². The number of nitrogens with one attached hydrogen (secondary N) is 1. The normalized spacial score (nSPS) is 17.1. The maximum Gasteiger partial charge on any atom is 0.237 e. The van der Waals surface area contributed by atoms with Gasteiger partial charge in [-0.15, -0.1) is 11.3 Å². The molecule has 1 aromatic rings. The minimum absolute atomic E-state index is 0.0260. The number of nitrogens with zero attached hydrogens (tertiary/aromatic N) is 2. The molecule has 1 N–H and O–H groups in total. The van der Waals surface area contributed by atoms with Crippen LogP contribution in [0.25, 0.3) is 0 Å². The number of rotatable bonds is 7. The summed E-state index contributed by atoms with van der Waals surface area (Å²) in [7, 11) is -3.17. The summed E-state index contributed by atoms with van der Waals surface area (Å²) in [6, 6.07) is 3.77. The molecule has 0 unspecified atom stereocenters. The molecule has 1 amide bonds. The van der Waals surface area contributed by atoms with Crippen molar-refractivity contribution in [2.75, 3.05) is 32.4 Å². The van der Waals surface area contributed by atoms with Gasteiger partial charge in [0.1, 0.15) is 0 Å². The third-order valence-electron chi connectivity index (χ3n) is 4.04. The van der Waals surface area contributed by atoms with Gasteiger partial charge in [0.25, 0.3) is 0 Å². The molecular weight excluding hydrogens is 370 g/mol. The molecule has 1 fully saturated rings. The van der Waals surface area contributed by atoms with Gasteiger partial charge in [0.05, 0.1) is 23.7 Å². The van der Waals surface area contributed by atoms with Gasteiger partial charge in [0.2, 0.25) is 15.9 Å². The average molecular weight is 394 g/mol. The summed E-state index contributed by atoms with van der Waals surface area (Å²) in [4.78, 5) is 17.5. The van der Waals surface area contributed by atoms with Crippen molar-refractivity contribution in [2.45, 2.75) is 32.4 Å². The molecule has 2 heterocycles. The molecule has 9 heteroatoms. The molecule has 0 bridgehead atoms. The van der Waals surface area contributed by atoms with Crippen LogP contribution >= 0.6 is 22.9 Å². The zero-order valence-electron chi connectivity index (χ0n) is 14.0. The maximum atomic E-state index is 12.5. The quantitative estimate of drug-likeness (QED) is 0.766. The summed E-state index contributed by atoms with van der Waals surface area (Å²) in [6.07, 6.45) is 2.64. The number of sulfonamides is 1. The van der Waals surface area contributed by atoms with E-state index in [4.69, 9.17) is 11.6 Å². The number of likely N-dealkylation sites (N-methyl/N-ethyl adjacent to an activating group) is 1. The minimum atomic E-state index is -3.17. The second-order valence-electron chi connectivity index (χ2n) is 6.05. The van der Waals surface area contributed by atoms with E-state index in [1.54, 1.807) is 0 Å². The Labute approximate surface area is 152 Å². The minimum Gasteiger partial charge on any atom is -0.337 e. The number of carbonyl (C=O) groups excluding carboxylic acids is 1. The van der Waals surface area contributed by atoms with Crippen LogP contribution in [0.5, 0.6) is 0 Å². The molecule has 1 aliphatic rings. The van der Waals surface area contributed by atoms with Crippen molar-refractivity contribution in [2.24, 2.45) is 0 Å². The predicted molar refractivity (Wildman–Crippen MR) is 97.9 cm³/mol.